The Balaban J connectivity index is 3.62. The van der Waals surface area contributed by atoms with Crippen LogP contribution in [0.25, 0.3) is 0 Å². The molecule has 0 aromatic heterocycles. The summed E-state index contributed by atoms with van der Waals surface area (Å²) in [5.41, 5.74) is -1.82. The Bertz CT molecular complexity index is 950. The van der Waals surface area contributed by atoms with Gasteiger partial charge in [-0.15, -0.1) is 11.6 Å². The fourth-order valence-corrected chi connectivity index (χ4v) is 4.32. The molecule has 0 aromatic rings. The summed E-state index contributed by atoms with van der Waals surface area (Å²) in [7, 11) is 1.45. The molecular weight excluding hydrogens is 516 g/mol. The molecule has 1 fully saturated rings. The number of halogens is 1. The quantitative estimate of drug-likeness (QED) is 0.128. The van der Waals surface area contributed by atoms with Gasteiger partial charge in [-0.05, 0) is 60.5 Å². The normalized spacial score (nSPS) is 28.2. The molecule has 0 aliphatic heterocycles. The van der Waals surface area contributed by atoms with E-state index in [1.807, 2.05) is 0 Å². The molecule has 38 heavy (non-hydrogen) atoms. The lowest BCUT2D eigenvalue weighted by Crippen LogP contribution is -2.63. The molecule has 0 heterocycles. The third-order valence-electron chi connectivity index (χ3n) is 7.32. The molecule has 0 bridgehead atoms. The zero-order valence-corrected chi connectivity index (χ0v) is 24.6. The van der Waals surface area contributed by atoms with E-state index in [-0.39, 0.29) is 18.4 Å². The van der Waals surface area contributed by atoms with E-state index in [0.717, 1.165) is 0 Å². The van der Waals surface area contributed by atoms with Gasteiger partial charge in [-0.25, -0.2) is 9.59 Å². The molecule has 9 nitrogen and oxygen atoms in total. The van der Waals surface area contributed by atoms with Crippen molar-refractivity contribution in [1.82, 2.24) is 0 Å². The van der Waals surface area contributed by atoms with Gasteiger partial charge in [0.1, 0.15) is 17.8 Å². The molecule has 1 saturated carbocycles. The van der Waals surface area contributed by atoms with E-state index >= 15 is 0 Å². The number of aliphatic hydroxyl groups is 2. The van der Waals surface area contributed by atoms with Crippen LogP contribution in [-0.4, -0.2) is 76.2 Å². The molecule has 0 aromatic carbocycles. The number of hydrogen-bond acceptors (Lipinski definition) is 9. The summed E-state index contributed by atoms with van der Waals surface area (Å²) in [5.74, 6) is -2.83. The van der Waals surface area contributed by atoms with Crippen LogP contribution in [0.3, 0.4) is 0 Å². The zero-order chi connectivity index (χ0) is 29.6. The maximum atomic E-state index is 12.8. The highest BCUT2D eigenvalue weighted by Crippen LogP contribution is 2.44. The summed E-state index contributed by atoms with van der Waals surface area (Å²) in [4.78, 5) is 37.6. The molecule has 1 rings (SSSR count). The van der Waals surface area contributed by atoms with Crippen LogP contribution < -0.4 is 0 Å². The molecule has 0 radical (unpaired) electrons. The smallest absolute Gasteiger partial charge is 0.333 e. The average molecular weight is 559 g/mol. The fourth-order valence-electron chi connectivity index (χ4n) is 4.00. The summed E-state index contributed by atoms with van der Waals surface area (Å²) in [6, 6.07) is 0. The molecule has 2 N–H and O–H groups in total. The van der Waals surface area contributed by atoms with E-state index in [1.165, 1.54) is 21.0 Å². The number of allylic oxidation sites excluding steroid dienone is 2. The summed E-state index contributed by atoms with van der Waals surface area (Å²) in [6.07, 6.45) is -1.58. The number of carbonyl (C=O) groups is 3. The van der Waals surface area contributed by atoms with Crippen molar-refractivity contribution in [3.8, 4) is 0 Å². The monoisotopic (exact) mass is 558 g/mol. The van der Waals surface area contributed by atoms with Crippen LogP contribution in [-0.2, 0) is 33.3 Å². The number of alkyl halides is 1. The van der Waals surface area contributed by atoms with Crippen molar-refractivity contribution < 1.29 is 43.5 Å². The Kier molecular flexibility index (Phi) is 12.2. The van der Waals surface area contributed by atoms with Crippen molar-refractivity contribution in [2.24, 2.45) is 5.92 Å². The summed E-state index contributed by atoms with van der Waals surface area (Å²) < 4.78 is 22.4. The highest BCUT2D eigenvalue weighted by molar-refractivity contribution is 6.21. The number of esters is 3. The van der Waals surface area contributed by atoms with Crippen LogP contribution >= 0.6 is 11.6 Å². The fraction of sp³-hybridized carbons (Fsp3) is 0.679. The standard InChI is InChI=1S/C28H43ClO9/c1-11-15(3)25(32)37-20(14-22(31)27(7,8)35-10)17(5)19-13-21(29)28(9,34)24(36-18(6)30)23(19)38-26(33)16(4)12-2/h11-12,19-24,31,34H,5,13-14H2,1-4,6-10H3/b15-11-,16-12-/t19-,20+,21+,22+,23+,24+,28-/m0/s1. The molecule has 1 aliphatic carbocycles. The van der Waals surface area contributed by atoms with Crippen LogP contribution in [0.1, 0.15) is 68.2 Å². The van der Waals surface area contributed by atoms with E-state index in [2.05, 4.69) is 6.58 Å². The van der Waals surface area contributed by atoms with Crippen LogP contribution in [0, 0.1) is 5.92 Å². The Morgan fingerprint density at radius 1 is 1.11 bits per heavy atom. The minimum Gasteiger partial charge on any atom is -0.455 e. The van der Waals surface area contributed by atoms with Crippen molar-refractivity contribution in [2.75, 3.05) is 7.11 Å². The second-order valence-corrected chi connectivity index (χ2v) is 10.9. The highest BCUT2D eigenvalue weighted by atomic mass is 35.5. The van der Waals surface area contributed by atoms with Gasteiger partial charge in [0.25, 0.3) is 0 Å². The molecule has 10 heteroatoms. The van der Waals surface area contributed by atoms with E-state index in [1.54, 1.807) is 53.7 Å². The molecule has 0 unspecified atom stereocenters. The van der Waals surface area contributed by atoms with E-state index in [0.29, 0.717) is 11.1 Å². The molecule has 0 amide bonds. The first-order chi connectivity index (χ1) is 17.4. The second-order valence-electron chi connectivity index (χ2n) is 10.4. The van der Waals surface area contributed by atoms with Gasteiger partial charge in [-0.1, -0.05) is 18.7 Å². The van der Waals surface area contributed by atoms with Crippen LogP contribution in [0.15, 0.2) is 35.5 Å². The van der Waals surface area contributed by atoms with E-state index < -0.39 is 64.8 Å². The van der Waals surface area contributed by atoms with E-state index in [4.69, 9.17) is 30.5 Å². The Labute approximate surface area is 230 Å². The van der Waals surface area contributed by atoms with Gasteiger partial charge >= 0.3 is 17.9 Å². The average Bonchev–Trinajstić information content (AvgIpc) is 2.85. The predicted molar refractivity (Wildman–Crippen MR) is 143 cm³/mol. The van der Waals surface area contributed by atoms with Crippen LogP contribution in [0.5, 0.6) is 0 Å². The van der Waals surface area contributed by atoms with E-state index in [9.17, 15) is 24.6 Å². The lowest BCUT2D eigenvalue weighted by atomic mass is 9.70. The number of rotatable bonds is 11. The minimum atomic E-state index is -1.76. The summed E-state index contributed by atoms with van der Waals surface area (Å²) in [6.45, 7) is 16.6. The zero-order valence-electron chi connectivity index (χ0n) is 23.9. The molecule has 0 saturated heterocycles. The second kappa shape index (κ2) is 13.7. The number of hydrogen-bond donors (Lipinski definition) is 2. The topological polar surface area (TPSA) is 129 Å². The number of carbonyl (C=O) groups excluding carboxylic acids is 3. The first kappa shape index (κ1) is 33.8. The van der Waals surface area contributed by atoms with Crippen molar-refractivity contribution in [3.63, 3.8) is 0 Å². The highest BCUT2D eigenvalue weighted by Gasteiger charge is 2.56. The van der Waals surface area contributed by atoms with Crippen LogP contribution in [0.2, 0.25) is 0 Å². The Morgan fingerprint density at radius 3 is 2.11 bits per heavy atom. The number of methoxy groups -OCH3 is 1. The van der Waals surface area contributed by atoms with Crippen LogP contribution in [0.4, 0.5) is 0 Å². The first-order valence-electron chi connectivity index (χ1n) is 12.6. The third kappa shape index (κ3) is 8.15. The lowest BCUT2D eigenvalue weighted by molar-refractivity contribution is -0.203. The van der Waals surface area contributed by atoms with Gasteiger partial charge in [0, 0.05) is 37.5 Å². The first-order valence-corrected chi connectivity index (χ1v) is 13.0. The van der Waals surface area contributed by atoms with Crippen molar-refractivity contribution in [1.29, 1.82) is 0 Å². The minimum absolute atomic E-state index is 0.0540. The number of aliphatic hydroxyl groups excluding tert-OH is 1. The molecule has 1 aliphatic rings. The molecular formula is C28H43ClO9. The van der Waals surface area contributed by atoms with Gasteiger partial charge in [-0.2, -0.15) is 0 Å². The van der Waals surface area contributed by atoms with Crippen molar-refractivity contribution >= 4 is 29.5 Å². The summed E-state index contributed by atoms with van der Waals surface area (Å²) >= 11 is 6.58. The van der Waals surface area contributed by atoms with Crippen molar-refractivity contribution in [2.45, 2.75) is 109 Å². The predicted octanol–water partition coefficient (Wildman–Crippen LogP) is 3.78. The maximum Gasteiger partial charge on any atom is 0.333 e. The van der Waals surface area contributed by atoms with Crippen molar-refractivity contribution in [3.05, 3.63) is 35.5 Å². The van der Waals surface area contributed by atoms with Gasteiger partial charge in [0.2, 0.25) is 0 Å². The molecule has 216 valence electrons. The molecule has 0 spiro atoms. The van der Waals surface area contributed by atoms with Gasteiger partial charge in [0.05, 0.1) is 17.1 Å². The van der Waals surface area contributed by atoms with Gasteiger partial charge in [-0.3, -0.25) is 4.79 Å². The third-order valence-corrected chi connectivity index (χ3v) is 7.94. The van der Waals surface area contributed by atoms with Gasteiger partial charge < -0.3 is 29.2 Å². The maximum absolute atomic E-state index is 12.8. The Hall–Kier alpha value is -2.20. The largest absolute Gasteiger partial charge is 0.455 e. The SMILES string of the molecule is C=C([C@@H](C[C@@H](O)C(C)(C)OC)OC(=O)/C(C)=C\C)[C@@H]1C[C@@H](Cl)[C@](C)(O)[C@H](OC(C)=O)[C@@H]1OC(=O)/C(C)=C\C. The lowest BCUT2D eigenvalue weighted by Gasteiger charge is -2.48. The van der Waals surface area contributed by atoms with Gasteiger partial charge in [0.15, 0.2) is 6.10 Å². The Morgan fingerprint density at radius 2 is 1.63 bits per heavy atom. The number of ether oxygens (including phenoxy) is 4. The molecule has 7 atom stereocenters. The summed E-state index contributed by atoms with van der Waals surface area (Å²) in [5, 5.41) is 21.2.